The molecule has 1 aliphatic rings. The zero-order valence-corrected chi connectivity index (χ0v) is 13.2. The predicted molar refractivity (Wildman–Crippen MR) is 82.5 cm³/mol. The van der Waals surface area contributed by atoms with Crippen molar-refractivity contribution in [3.8, 4) is 0 Å². The molecule has 3 rings (SSSR count). The van der Waals surface area contributed by atoms with Crippen LogP contribution in [0.5, 0.6) is 0 Å². The van der Waals surface area contributed by atoms with E-state index in [-0.39, 0.29) is 22.6 Å². The first-order chi connectivity index (χ1) is 10.4. The summed E-state index contributed by atoms with van der Waals surface area (Å²) < 4.78 is 29.1. The fraction of sp³-hybridized carbons (Fsp3) is 0.312. The van der Waals surface area contributed by atoms with Crippen molar-refractivity contribution in [1.82, 2.24) is 0 Å². The van der Waals surface area contributed by atoms with Gasteiger partial charge in [0, 0.05) is 25.1 Å². The molecule has 22 heavy (non-hydrogen) atoms. The zero-order valence-electron chi connectivity index (χ0n) is 12.4. The molecule has 0 unspecified atom stereocenters. The van der Waals surface area contributed by atoms with Crippen molar-refractivity contribution in [2.24, 2.45) is 5.92 Å². The highest BCUT2D eigenvalue weighted by Gasteiger charge is 2.47. The second-order valence-corrected chi connectivity index (χ2v) is 7.59. The van der Waals surface area contributed by atoms with Gasteiger partial charge in [-0.25, -0.2) is 8.42 Å². The molecule has 2 aromatic rings. The predicted octanol–water partition coefficient (Wildman–Crippen LogP) is 2.45. The molecule has 0 radical (unpaired) electrons. The molecule has 0 bridgehead atoms. The largest absolute Gasteiger partial charge is 0.469 e. The second kappa shape index (κ2) is 5.28. The molecular weight excluding hydrogens is 302 g/mol. The van der Waals surface area contributed by atoms with Gasteiger partial charge in [0.2, 0.25) is 5.91 Å². The van der Waals surface area contributed by atoms with Crippen LogP contribution >= 0.6 is 0 Å². The number of carbonyl (C=O) groups excluding carboxylic acids is 1. The van der Waals surface area contributed by atoms with Gasteiger partial charge < -0.3 is 9.32 Å². The summed E-state index contributed by atoms with van der Waals surface area (Å²) in [4.78, 5) is 14.2. The van der Waals surface area contributed by atoms with Gasteiger partial charge in [-0.05, 0) is 30.7 Å². The molecule has 0 saturated heterocycles. The van der Waals surface area contributed by atoms with Crippen LogP contribution < -0.4 is 4.90 Å². The molecular formula is C16H17NO4S. The number of benzene rings is 1. The third-order valence-electron chi connectivity index (χ3n) is 3.97. The van der Waals surface area contributed by atoms with Gasteiger partial charge in [-0.2, -0.15) is 0 Å². The highest BCUT2D eigenvalue weighted by Crippen LogP contribution is 2.49. The minimum absolute atomic E-state index is 0.0856. The van der Waals surface area contributed by atoms with E-state index in [9.17, 15) is 13.2 Å². The average molecular weight is 319 g/mol. The van der Waals surface area contributed by atoms with Gasteiger partial charge in [-0.3, -0.25) is 4.79 Å². The lowest BCUT2D eigenvalue weighted by Gasteiger charge is -2.20. The Morgan fingerprint density at radius 1 is 1.23 bits per heavy atom. The Morgan fingerprint density at radius 2 is 1.95 bits per heavy atom. The zero-order chi connectivity index (χ0) is 15.9. The van der Waals surface area contributed by atoms with Crippen molar-refractivity contribution in [2.75, 3.05) is 18.2 Å². The maximum atomic E-state index is 12.6. The summed E-state index contributed by atoms with van der Waals surface area (Å²) in [6.45, 7) is 0. The Morgan fingerprint density at radius 3 is 2.59 bits per heavy atom. The topological polar surface area (TPSA) is 67.6 Å². The van der Waals surface area contributed by atoms with Gasteiger partial charge in [-0.15, -0.1) is 0 Å². The Labute approximate surface area is 129 Å². The van der Waals surface area contributed by atoms with Crippen LogP contribution in [0.2, 0.25) is 0 Å². The number of para-hydroxylation sites is 1. The Kier molecular flexibility index (Phi) is 3.56. The lowest BCUT2D eigenvalue weighted by Crippen LogP contribution is -2.29. The fourth-order valence-corrected chi connectivity index (χ4v) is 3.61. The summed E-state index contributed by atoms with van der Waals surface area (Å²) in [6, 6.07) is 10.2. The van der Waals surface area contributed by atoms with Crippen LogP contribution in [0.3, 0.4) is 0 Å². The van der Waals surface area contributed by atoms with Crippen LogP contribution in [0.4, 0.5) is 5.69 Å². The number of amides is 1. The third-order valence-corrected chi connectivity index (χ3v) is 5.12. The van der Waals surface area contributed by atoms with Crippen molar-refractivity contribution in [1.29, 1.82) is 0 Å². The molecule has 1 amide bonds. The van der Waals surface area contributed by atoms with Gasteiger partial charge in [-0.1, -0.05) is 12.1 Å². The summed E-state index contributed by atoms with van der Waals surface area (Å²) in [5.74, 6) is 0.666. The average Bonchev–Trinajstić information content (AvgIpc) is 3.10. The van der Waals surface area contributed by atoms with E-state index in [0.29, 0.717) is 5.69 Å². The lowest BCUT2D eigenvalue weighted by atomic mass is 10.2. The van der Waals surface area contributed by atoms with E-state index in [0.717, 1.165) is 18.4 Å². The summed E-state index contributed by atoms with van der Waals surface area (Å²) in [5, 5.41) is 0. The highest BCUT2D eigenvalue weighted by molar-refractivity contribution is 7.90. The molecule has 5 nitrogen and oxygen atoms in total. The van der Waals surface area contributed by atoms with Crippen molar-refractivity contribution in [3.63, 3.8) is 0 Å². The third kappa shape index (κ3) is 2.66. The van der Waals surface area contributed by atoms with Crippen molar-refractivity contribution in [2.45, 2.75) is 17.2 Å². The Bertz CT molecular complexity index is 795. The van der Waals surface area contributed by atoms with Crippen LogP contribution in [-0.4, -0.2) is 27.6 Å². The molecule has 2 atom stereocenters. The first-order valence-electron chi connectivity index (χ1n) is 6.99. The lowest BCUT2D eigenvalue weighted by molar-refractivity contribution is -0.119. The molecule has 0 spiro atoms. The van der Waals surface area contributed by atoms with Crippen molar-refractivity contribution < 1.29 is 17.6 Å². The quantitative estimate of drug-likeness (QED) is 0.868. The maximum absolute atomic E-state index is 12.6. The molecule has 6 heteroatoms. The van der Waals surface area contributed by atoms with E-state index in [1.807, 2.05) is 6.07 Å². The molecule has 1 saturated carbocycles. The number of anilines is 1. The molecule has 1 heterocycles. The fourth-order valence-electron chi connectivity index (χ4n) is 2.70. The SMILES string of the molecule is CN(C(=O)[C@@H]1C[C@H]1c1ccco1)c1ccccc1S(C)(=O)=O. The molecule has 116 valence electrons. The van der Waals surface area contributed by atoms with Gasteiger partial charge >= 0.3 is 0 Å². The normalized spacial score (nSPS) is 20.6. The summed E-state index contributed by atoms with van der Waals surface area (Å²) in [6.07, 6.45) is 3.47. The van der Waals surface area contributed by atoms with E-state index >= 15 is 0 Å². The first-order valence-corrected chi connectivity index (χ1v) is 8.89. The van der Waals surface area contributed by atoms with Crippen molar-refractivity contribution >= 4 is 21.4 Å². The van der Waals surface area contributed by atoms with Gasteiger partial charge in [0.15, 0.2) is 9.84 Å². The number of nitrogens with zero attached hydrogens (tertiary/aromatic N) is 1. The number of furan rings is 1. The molecule has 0 N–H and O–H groups in total. The van der Waals surface area contributed by atoms with Gasteiger partial charge in [0.05, 0.1) is 16.8 Å². The molecule has 1 aromatic carbocycles. The molecule has 1 aromatic heterocycles. The summed E-state index contributed by atoms with van der Waals surface area (Å²) in [5.41, 5.74) is 0.417. The van der Waals surface area contributed by atoms with E-state index in [1.54, 1.807) is 37.6 Å². The number of hydrogen-bond donors (Lipinski definition) is 0. The van der Waals surface area contributed by atoms with E-state index in [1.165, 1.54) is 11.0 Å². The monoisotopic (exact) mass is 319 g/mol. The summed E-state index contributed by atoms with van der Waals surface area (Å²) in [7, 11) is -1.77. The first kappa shape index (κ1) is 14.8. The minimum Gasteiger partial charge on any atom is -0.469 e. The standard InChI is InChI=1S/C16H17NO4S/c1-17(13-6-3-4-8-15(13)22(2,19)20)16(18)12-10-11(12)14-7-5-9-21-14/h3-9,11-12H,10H2,1-2H3/t11-,12-/m1/s1. The van der Waals surface area contributed by atoms with Crippen LogP contribution in [0.15, 0.2) is 52.0 Å². The van der Waals surface area contributed by atoms with Crippen LogP contribution in [0.25, 0.3) is 0 Å². The number of sulfone groups is 1. The highest BCUT2D eigenvalue weighted by atomic mass is 32.2. The number of carbonyl (C=O) groups is 1. The Balaban J connectivity index is 1.84. The maximum Gasteiger partial charge on any atom is 0.230 e. The second-order valence-electron chi connectivity index (χ2n) is 5.60. The van der Waals surface area contributed by atoms with E-state index in [4.69, 9.17) is 4.42 Å². The number of rotatable bonds is 4. The molecule has 0 aliphatic heterocycles. The van der Waals surface area contributed by atoms with Crippen molar-refractivity contribution in [3.05, 3.63) is 48.4 Å². The van der Waals surface area contributed by atoms with Gasteiger partial charge in [0.25, 0.3) is 0 Å². The number of hydrogen-bond acceptors (Lipinski definition) is 4. The van der Waals surface area contributed by atoms with Gasteiger partial charge in [0.1, 0.15) is 5.76 Å². The van der Waals surface area contributed by atoms with E-state index < -0.39 is 9.84 Å². The summed E-state index contributed by atoms with van der Waals surface area (Å²) >= 11 is 0. The minimum atomic E-state index is -3.39. The smallest absolute Gasteiger partial charge is 0.230 e. The van der Waals surface area contributed by atoms with Crippen LogP contribution in [-0.2, 0) is 14.6 Å². The Hall–Kier alpha value is -2.08. The van der Waals surface area contributed by atoms with Crippen LogP contribution in [0.1, 0.15) is 18.1 Å². The van der Waals surface area contributed by atoms with Crippen LogP contribution in [0, 0.1) is 5.92 Å². The molecule has 1 fully saturated rings. The molecule has 1 aliphatic carbocycles. The van der Waals surface area contributed by atoms with E-state index in [2.05, 4.69) is 0 Å².